The van der Waals surface area contributed by atoms with Crippen molar-refractivity contribution >= 4 is 48.8 Å². The van der Waals surface area contributed by atoms with Gasteiger partial charge in [-0.1, -0.05) is 42.5 Å². The lowest BCUT2D eigenvalue weighted by molar-refractivity contribution is -0.188. The summed E-state index contributed by atoms with van der Waals surface area (Å²) < 4.78 is 41.3. The summed E-state index contributed by atoms with van der Waals surface area (Å²) in [5.74, 6) is -1.83. The van der Waals surface area contributed by atoms with E-state index in [1.165, 1.54) is 0 Å². The molecule has 5 rings (SSSR count). The van der Waals surface area contributed by atoms with Crippen LogP contribution in [0.25, 0.3) is 11.1 Å². The van der Waals surface area contributed by atoms with Gasteiger partial charge in [-0.2, -0.15) is 13.2 Å². The minimum absolute atomic E-state index is 0. The highest BCUT2D eigenvalue weighted by Crippen LogP contribution is 2.35. The average molecular weight is 601 g/mol. The number of nitrogens with zero attached hydrogens (tertiary/aromatic N) is 4. The summed E-state index contributed by atoms with van der Waals surface area (Å²) in [6.45, 7) is 0.492. The normalized spacial score (nSPS) is 14.7. The van der Waals surface area contributed by atoms with Gasteiger partial charge < -0.3 is 14.8 Å². The number of rotatable bonds is 5. The number of amides is 1. The fourth-order valence-corrected chi connectivity index (χ4v) is 4.69. The van der Waals surface area contributed by atoms with Crippen LogP contribution in [-0.4, -0.2) is 44.5 Å². The molecule has 0 radical (unpaired) electrons. The quantitative estimate of drug-likeness (QED) is 0.294. The number of imidazole rings is 1. The molecule has 1 aliphatic rings. The van der Waals surface area contributed by atoms with Gasteiger partial charge in [0.25, 0.3) is 0 Å². The maximum absolute atomic E-state index is 13.8. The Balaban J connectivity index is 0.00000178. The van der Waals surface area contributed by atoms with Crippen molar-refractivity contribution in [2.45, 2.75) is 31.7 Å². The number of carbonyl (C=O) groups excluding carboxylic acids is 1. The topological polar surface area (TPSA) is 65.1 Å². The number of H-pyrrole nitrogens is 1. The van der Waals surface area contributed by atoms with Gasteiger partial charge in [0.15, 0.2) is 0 Å². The molecule has 0 spiro atoms. The number of anilines is 1. The molecule has 2 aromatic heterocycles. The van der Waals surface area contributed by atoms with E-state index in [0.29, 0.717) is 18.5 Å². The van der Waals surface area contributed by atoms with E-state index in [1.807, 2.05) is 59.5 Å². The Kier molecular flexibility index (Phi) is 11.2. The number of nitrogens with one attached hydrogen (secondary N) is 1. The van der Waals surface area contributed by atoms with Crippen LogP contribution in [0.4, 0.5) is 18.9 Å². The molecule has 1 unspecified atom stereocenters. The Bertz CT molecular complexity index is 1330. The molecule has 1 aliphatic heterocycles. The van der Waals surface area contributed by atoms with Crippen molar-refractivity contribution in [3.8, 4) is 11.1 Å². The summed E-state index contributed by atoms with van der Waals surface area (Å²) in [7, 11) is 0. The van der Waals surface area contributed by atoms with Crippen molar-refractivity contribution in [2.24, 2.45) is 0 Å². The second kappa shape index (κ2) is 13.7. The number of halogens is 6. The molecule has 3 heterocycles. The van der Waals surface area contributed by atoms with Gasteiger partial charge in [-0.05, 0) is 46.9 Å². The molecular formula is C27H27Cl3F3N5O. The van der Waals surface area contributed by atoms with Gasteiger partial charge in [0, 0.05) is 37.4 Å². The zero-order valence-electron chi connectivity index (χ0n) is 20.5. The van der Waals surface area contributed by atoms with Gasteiger partial charge >= 0.3 is 12.1 Å². The molecule has 2 aromatic carbocycles. The second-order valence-corrected chi connectivity index (χ2v) is 8.82. The monoisotopic (exact) mass is 599 g/mol. The molecule has 12 heteroatoms. The lowest BCUT2D eigenvalue weighted by Crippen LogP contribution is -2.50. The standard InChI is InChI=1S/C27H24F3N5O.3ClH/c28-27(29,30)26(36)35-15-22-12-20(21-7-4-10-31-13-21)8-9-25(22)34(16-23-14-32-18-33-23)17-24(35)11-19-5-2-1-3-6-19;;;/h1-10,12-14,18,24H,11,15-17H2,(H,32,33);3*1H. The first-order chi connectivity index (χ1) is 17.4. The summed E-state index contributed by atoms with van der Waals surface area (Å²) in [5, 5.41) is 0. The van der Waals surface area contributed by atoms with E-state index in [9.17, 15) is 18.0 Å². The zero-order chi connectivity index (χ0) is 25.1. The number of carbonyl (C=O) groups is 1. The Hall–Kier alpha value is -3.27. The number of alkyl halides is 3. The first kappa shape index (κ1) is 31.9. The summed E-state index contributed by atoms with van der Waals surface area (Å²) in [5.41, 5.74) is 4.79. The van der Waals surface area contributed by atoms with Crippen LogP contribution in [0.5, 0.6) is 0 Å². The molecule has 0 saturated heterocycles. The van der Waals surface area contributed by atoms with E-state index in [4.69, 9.17) is 0 Å². The van der Waals surface area contributed by atoms with Crippen LogP contribution in [0.3, 0.4) is 0 Å². The van der Waals surface area contributed by atoms with Gasteiger partial charge in [-0.25, -0.2) is 4.98 Å². The molecule has 6 nitrogen and oxygen atoms in total. The van der Waals surface area contributed by atoms with E-state index in [0.717, 1.165) is 33.0 Å². The SMILES string of the molecule is Cl.Cl.Cl.O=C(N1Cc2cc(-c3cccnc3)ccc2N(Cc2cnc[nH]2)CC1Cc1ccccc1)C(F)(F)F. The van der Waals surface area contributed by atoms with Crippen LogP contribution in [0.15, 0.2) is 85.6 Å². The smallest absolute Gasteiger partial charge is 0.363 e. The van der Waals surface area contributed by atoms with Crippen LogP contribution >= 0.6 is 37.2 Å². The van der Waals surface area contributed by atoms with Gasteiger partial charge in [-0.15, -0.1) is 37.2 Å². The predicted molar refractivity (Wildman–Crippen MR) is 152 cm³/mol. The van der Waals surface area contributed by atoms with Crippen molar-refractivity contribution in [3.05, 3.63) is 102 Å². The van der Waals surface area contributed by atoms with Gasteiger partial charge in [0.2, 0.25) is 0 Å². The summed E-state index contributed by atoms with van der Waals surface area (Å²) in [6, 6.07) is 18.0. The second-order valence-electron chi connectivity index (χ2n) is 8.82. The van der Waals surface area contributed by atoms with Crippen LogP contribution in [-0.2, 0) is 24.3 Å². The Labute approximate surface area is 242 Å². The lowest BCUT2D eigenvalue weighted by atomic mass is 10.0. The van der Waals surface area contributed by atoms with Crippen LogP contribution in [0, 0.1) is 0 Å². The first-order valence-electron chi connectivity index (χ1n) is 11.6. The molecule has 1 N–H and O–H groups in total. The van der Waals surface area contributed by atoms with E-state index in [-0.39, 0.29) is 50.3 Å². The maximum atomic E-state index is 13.8. The molecule has 4 aromatic rings. The Morgan fingerprint density at radius 1 is 0.949 bits per heavy atom. The Morgan fingerprint density at radius 3 is 2.36 bits per heavy atom. The van der Waals surface area contributed by atoms with E-state index < -0.39 is 18.1 Å². The van der Waals surface area contributed by atoms with Crippen molar-refractivity contribution in [1.29, 1.82) is 0 Å². The van der Waals surface area contributed by atoms with E-state index in [1.54, 1.807) is 31.0 Å². The third-order valence-electron chi connectivity index (χ3n) is 6.36. The lowest BCUT2D eigenvalue weighted by Gasteiger charge is -2.33. The molecule has 1 amide bonds. The molecule has 0 bridgehead atoms. The third-order valence-corrected chi connectivity index (χ3v) is 6.36. The summed E-state index contributed by atoms with van der Waals surface area (Å²) in [4.78, 5) is 27.0. The molecule has 0 aliphatic carbocycles. The van der Waals surface area contributed by atoms with E-state index in [2.05, 4.69) is 15.0 Å². The van der Waals surface area contributed by atoms with Crippen molar-refractivity contribution in [3.63, 3.8) is 0 Å². The highest BCUT2D eigenvalue weighted by Gasteiger charge is 2.46. The fourth-order valence-electron chi connectivity index (χ4n) is 4.69. The average Bonchev–Trinajstić information content (AvgIpc) is 3.34. The predicted octanol–water partition coefficient (Wildman–Crippen LogP) is 6.26. The molecule has 0 fully saturated rings. The van der Waals surface area contributed by atoms with Crippen molar-refractivity contribution < 1.29 is 18.0 Å². The van der Waals surface area contributed by atoms with E-state index >= 15 is 0 Å². The number of hydrogen-bond acceptors (Lipinski definition) is 4. The molecular weight excluding hydrogens is 574 g/mol. The molecule has 208 valence electrons. The van der Waals surface area contributed by atoms with Crippen LogP contribution in [0.2, 0.25) is 0 Å². The molecule has 39 heavy (non-hydrogen) atoms. The largest absolute Gasteiger partial charge is 0.471 e. The zero-order valence-corrected chi connectivity index (χ0v) is 23.0. The first-order valence-corrected chi connectivity index (χ1v) is 11.6. The molecule has 1 atom stereocenters. The molecule has 0 saturated carbocycles. The van der Waals surface area contributed by atoms with Gasteiger partial charge in [0.1, 0.15) is 0 Å². The number of hydrogen-bond donors (Lipinski definition) is 1. The van der Waals surface area contributed by atoms with Crippen molar-refractivity contribution in [1.82, 2.24) is 19.9 Å². The number of benzene rings is 2. The minimum atomic E-state index is -4.98. The highest BCUT2D eigenvalue weighted by molar-refractivity contribution is 5.86. The van der Waals surface area contributed by atoms with Gasteiger partial charge in [-0.3, -0.25) is 9.78 Å². The maximum Gasteiger partial charge on any atom is 0.471 e. The minimum Gasteiger partial charge on any atom is -0.363 e. The summed E-state index contributed by atoms with van der Waals surface area (Å²) in [6.07, 6.45) is 1.95. The van der Waals surface area contributed by atoms with Gasteiger partial charge in [0.05, 0.1) is 24.6 Å². The number of aromatic amines is 1. The summed E-state index contributed by atoms with van der Waals surface area (Å²) >= 11 is 0. The number of aromatic nitrogens is 3. The van der Waals surface area contributed by atoms with Crippen molar-refractivity contribution in [2.75, 3.05) is 11.4 Å². The van der Waals surface area contributed by atoms with Crippen LogP contribution in [0.1, 0.15) is 16.8 Å². The number of pyridine rings is 1. The third kappa shape index (κ3) is 7.44. The highest BCUT2D eigenvalue weighted by atomic mass is 35.5. The van der Waals surface area contributed by atoms with Crippen LogP contribution < -0.4 is 4.90 Å². The fraction of sp³-hybridized carbons (Fsp3) is 0.222. The number of fused-ring (bicyclic) bond motifs is 1. The Morgan fingerprint density at radius 2 is 1.72 bits per heavy atom.